The molecule has 33 heavy (non-hydrogen) atoms. The summed E-state index contributed by atoms with van der Waals surface area (Å²) in [7, 11) is 0. The Morgan fingerprint density at radius 2 is 2.09 bits per heavy atom. The second-order valence-electron chi connectivity index (χ2n) is 7.48. The minimum Gasteiger partial charge on any atom is -0.435 e. The lowest BCUT2D eigenvalue weighted by molar-refractivity contribution is -0.173. The topological polar surface area (TPSA) is 135 Å². The van der Waals surface area contributed by atoms with Crippen molar-refractivity contribution in [3.8, 4) is 0 Å². The Kier molecular flexibility index (Phi) is 8.16. The third-order valence-corrected chi connectivity index (χ3v) is 7.26. The van der Waals surface area contributed by atoms with E-state index in [0.29, 0.717) is 10.6 Å². The molecule has 0 spiro atoms. The molecule has 0 aliphatic carbocycles. The molecule has 3 rings (SSSR count). The van der Waals surface area contributed by atoms with Crippen molar-refractivity contribution in [2.24, 2.45) is 11.8 Å². The summed E-state index contributed by atoms with van der Waals surface area (Å²) in [6, 6.07) is -0.381. The molecule has 0 radical (unpaired) electrons. The number of ether oxygens (including phenoxy) is 3. The van der Waals surface area contributed by atoms with Crippen molar-refractivity contribution in [3.63, 3.8) is 0 Å². The summed E-state index contributed by atoms with van der Waals surface area (Å²) in [4.78, 5) is 44.0. The molecule has 0 aromatic carbocycles. The SMILES string of the molecule is CCOC(=O)OC(C)OC(=O)C1=C(SC=Cc2scnc2CO)[C@H](C)[C@@H]2[C@@H]([C@@H](C)O)C(=O)N12. The van der Waals surface area contributed by atoms with Crippen LogP contribution < -0.4 is 0 Å². The number of esters is 1. The normalized spacial score (nSPS) is 23.9. The first-order valence-corrected chi connectivity index (χ1v) is 12.1. The van der Waals surface area contributed by atoms with Crippen molar-refractivity contribution in [2.45, 2.75) is 52.7 Å². The number of aliphatic hydroxyl groups excluding tert-OH is 2. The molecule has 1 fully saturated rings. The van der Waals surface area contributed by atoms with Crippen LogP contribution in [0.1, 0.15) is 38.3 Å². The lowest BCUT2D eigenvalue weighted by atomic mass is 9.79. The highest BCUT2D eigenvalue weighted by atomic mass is 32.2. The lowest BCUT2D eigenvalue weighted by Gasteiger charge is -2.46. The van der Waals surface area contributed by atoms with E-state index in [1.165, 1.54) is 34.9 Å². The van der Waals surface area contributed by atoms with Gasteiger partial charge in [-0.15, -0.1) is 11.3 Å². The Labute approximate surface area is 199 Å². The van der Waals surface area contributed by atoms with E-state index >= 15 is 0 Å². The third-order valence-electron chi connectivity index (χ3n) is 5.34. The van der Waals surface area contributed by atoms with Gasteiger partial charge in [0.1, 0.15) is 5.70 Å². The van der Waals surface area contributed by atoms with Crippen LogP contribution in [0.3, 0.4) is 0 Å². The number of β-lactam (4-membered cyclic amide) rings is 1. The summed E-state index contributed by atoms with van der Waals surface area (Å²) in [6.07, 6.45) is -1.30. The van der Waals surface area contributed by atoms with Gasteiger partial charge in [0.2, 0.25) is 12.2 Å². The second-order valence-corrected chi connectivity index (χ2v) is 9.32. The average Bonchev–Trinajstić information content (AvgIpc) is 3.28. The first-order valence-electron chi connectivity index (χ1n) is 10.4. The minimum atomic E-state index is -1.23. The number of carbonyl (C=O) groups is 3. The zero-order chi connectivity index (χ0) is 24.3. The van der Waals surface area contributed by atoms with Crippen LogP contribution in [0.5, 0.6) is 0 Å². The largest absolute Gasteiger partial charge is 0.511 e. The van der Waals surface area contributed by atoms with Crippen molar-refractivity contribution >= 4 is 47.2 Å². The fraction of sp³-hybridized carbons (Fsp3) is 0.524. The van der Waals surface area contributed by atoms with Gasteiger partial charge in [0, 0.05) is 17.7 Å². The molecule has 3 heterocycles. The number of fused-ring (bicyclic) bond motifs is 1. The van der Waals surface area contributed by atoms with Gasteiger partial charge in [0.05, 0.1) is 47.4 Å². The van der Waals surface area contributed by atoms with Gasteiger partial charge in [-0.2, -0.15) is 0 Å². The number of thioether (sulfide) groups is 1. The first-order chi connectivity index (χ1) is 15.7. The maximum atomic E-state index is 13.0. The standard InChI is InChI=1S/C21H26N2O8S2/c1-5-29-21(28)31-12(4)30-20(27)17-18(32-7-6-14-13(8-24)22-9-33-14)10(2)16-15(11(3)25)19(26)23(16)17/h6-7,9-12,15-16,24-25H,5,8H2,1-4H3/t10-,11-,12?,15-,16-/m1/s1. The maximum absolute atomic E-state index is 13.0. The van der Waals surface area contributed by atoms with Gasteiger partial charge in [-0.25, -0.2) is 14.6 Å². The maximum Gasteiger partial charge on any atom is 0.511 e. The molecule has 2 N–H and O–H groups in total. The fourth-order valence-corrected chi connectivity index (χ4v) is 5.67. The van der Waals surface area contributed by atoms with Gasteiger partial charge >= 0.3 is 12.1 Å². The zero-order valence-corrected chi connectivity index (χ0v) is 20.2. The number of amides is 1. The third kappa shape index (κ3) is 5.08. The number of aromatic nitrogens is 1. The molecule has 0 saturated carbocycles. The molecule has 180 valence electrons. The van der Waals surface area contributed by atoms with Crippen LogP contribution in [0, 0.1) is 11.8 Å². The number of rotatable bonds is 9. The predicted molar refractivity (Wildman–Crippen MR) is 120 cm³/mol. The van der Waals surface area contributed by atoms with Crippen LogP contribution in [0.2, 0.25) is 0 Å². The number of hydrogen-bond donors (Lipinski definition) is 2. The highest BCUT2D eigenvalue weighted by molar-refractivity contribution is 8.06. The number of aliphatic hydroxyl groups is 2. The Hall–Kier alpha value is -2.41. The summed E-state index contributed by atoms with van der Waals surface area (Å²) in [5.74, 6) is -2.04. The van der Waals surface area contributed by atoms with Crippen molar-refractivity contribution < 1.29 is 38.8 Å². The monoisotopic (exact) mass is 498 g/mol. The van der Waals surface area contributed by atoms with Gasteiger partial charge in [0.15, 0.2) is 0 Å². The Bertz CT molecular complexity index is 973. The zero-order valence-electron chi connectivity index (χ0n) is 18.6. The van der Waals surface area contributed by atoms with Crippen molar-refractivity contribution in [2.75, 3.05) is 6.61 Å². The van der Waals surface area contributed by atoms with Gasteiger partial charge in [-0.05, 0) is 25.3 Å². The number of nitrogens with zero attached hydrogens (tertiary/aromatic N) is 2. The molecular formula is C21H26N2O8S2. The Morgan fingerprint density at radius 3 is 2.73 bits per heavy atom. The number of carbonyl (C=O) groups excluding carboxylic acids is 3. The summed E-state index contributed by atoms with van der Waals surface area (Å²) in [6.45, 7) is 6.32. The Balaban J connectivity index is 1.83. The van der Waals surface area contributed by atoms with Crippen molar-refractivity contribution in [3.05, 3.63) is 32.1 Å². The molecule has 5 atom stereocenters. The Morgan fingerprint density at radius 1 is 1.36 bits per heavy atom. The molecule has 1 aromatic heterocycles. The van der Waals surface area contributed by atoms with E-state index in [0.717, 1.165) is 4.88 Å². The van der Waals surface area contributed by atoms with E-state index in [4.69, 9.17) is 9.47 Å². The van der Waals surface area contributed by atoms with Gasteiger partial charge in [-0.1, -0.05) is 18.7 Å². The van der Waals surface area contributed by atoms with Crippen LogP contribution in [-0.4, -0.2) is 63.2 Å². The smallest absolute Gasteiger partial charge is 0.435 e. The van der Waals surface area contributed by atoms with E-state index in [2.05, 4.69) is 9.72 Å². The van der Waals surface area contributed by atoms with Crippen LogP contribution in [0.25, 0.3) is 6.08 Å². The quantitative estimate of drug-likeness (QED) is 0.297. The fourth-order valence-electron chi connectivity index (χ4n) is 3.89. The summed E-state index contributed by atoms with van der Waals surface area (Å²) < 4.78 is 14.8. The van der Waals surface area contributed by atoms with Crippen LogP contribution >= 0.6 is 23.1 Å². The highest BCUT2D eigenvalue weighted by Gasteiger charge is 2.60. The molecule has 2 aliphatic rings. The lowest BCUT2D eigenvalue weighted by Crippen LogP contribution is -2.63. The summed E-state index contributed by atoms with van der Waals surface area (Å²) >= 11 is 2.61. The van der Waals surface area contributed by atoms with E-state index in [-0.39, 0.29) is 36.8 Å². The number of thiazole rings is 1. The molecule has 1 unspecified atom stereocenters. The molecule has 12 heteroatoms. The van der Waals surface area contributed by atoms with Crippen molar-refractivity contribution in [1.29, 1.82) is 0 Å². The average molecular weight is 499 g/mol. The van der Waals surface area contributed by atoms with Crippen LogP contribution in [0.4, 0.5) is 4.79 Å². The minimum absolute atomic E-state index is 0.0649. The van der Waals surface area contributed by atoms with Gasteiger partial charge < -0.3 is 29.3 Å². The van der Waals surface area contributed by atoms with Crippen LogP contribution in [0.15, 0.2) is 21.5 Å². The first kappa shape index (κ1) is 25.2. The second kappa shape index (κ2) is 10.7. The molecule has 0 bridgehead atoms. The van der Waals surface area contributed by atoms with Gasteiger partial charge in [0.25, 0.3) is 0 Å². The van der Waals surface area contributed by atoms with E-state index in [9.17, 15) is 24.6 Å². The van der Waals surface area contributed by atoms with E-state index in [1.807, 2.05) is 6.92 Å². The van der Waals surface area contributed by atoms with E-state index in [1.54, 1.807) is 30.8 Å². The summed E-state index contributed by atoms with van der Waals surface area (Å²) in [5, 5.41) is 21.2. The molecule has 10 nitrogen and oxygen atoms in total. The molecule has 1 aromatic rings. The molecular weight excluding hydrogens is 472 g/mol. The molecule has 1 saturated heterocycles. The van der Waals surface area contributed by atoms with E-state index < -0.39 is 30.4 Å². The van der Waals surface area contributed by atoms with Gasteiger partial charge in [-0.3, -0.25) is 4.79 Å². The van der Waals surface area contributed by atoms with Crippen LogP contribution in [-0.2, 0) is 30.4 Å². The number of hydrogen-bond acceptors (Lipinski definition) is 11. The molecule has 1 amide bonds. The van der Waals surface area contributed by atoms with Crippen molar-refractivity contribution in [1.82, 2.24) is 9.88 Å². The highest BCUT2D eigenvalue weighted by Crippen LogP contribution is 2.51. The molecule has 2 aliphatic heterocycles. The predicted octanol–water partition coefficient (Wildman–Crippen LogP) is 2.47. The summed E-state index contributed by atoms with van der Waals surface area (Å²) in [5.41, 5.74) is 2.23.